The van der Waals surface area contributed by atoms with E-state index in [0.29, 0.717) is 23.5 Å². The summed E-state index contributed by atoms with van der Waals surface area (Å²) < 4.78 is 46.2. The van der Waals surface area contributed by atoms with E-state index in [-0.39, 0.29) is 31.3 Å². The second kappa shape index (κ2) is 28.5. The second-order valence-electron chi connectivity index (χ2n) is 20.8. The number of hydrogen-bond acceptors (Lipinski definition) is 8. The monoisotopic (exact) mass is 1020 g/mol. The lowest BCUT2D eigenvalue weighted by atomic mass is 9.88. The Bertz CT molecular complexity index is 2060. The molecule has 6 saturated carbocycles. The van der Waals surface area contributed by atoms with Gasteiger partial charge < -0.3 is 20.8 Å². The molecule has 0 aliphatic heterocycles. The molecule has 1 atom stereocenters. The molecule has 6 aliphatic carbocycles. The predicted octanol–water partition coefficient (Wildman–Crippen LogP) is 13.4. The predicted molar refractivity (Wildman–Crippen MR) is 277 cm³/mol. The molecule has 0 bridgehead atoms. The van der Waals surface area contributed by atoms with Gasteiger partial charge in [0.25, 0.3) is 0 Å². The summed E-state index contributed by atoms with van der Waals surface area (Å²) in [4.78, 5) is 23.0. The van der Waals surface area contributed by atoms with Gasteiger partial charge in [-0.05, 0) is 118 Å². The highest BCUT2D eigenvalue weighted by Gasteiger charge is 2.28. The van der Waals surface area contributed by atoms with Gasteiger partial charge in [-0.15, -0.1) is 0 Å². The van der Waals surface area contributed by atoms with Crippen LogP contribution in [0.25, 0.3) is 5.57 Å². The number of benzene rings is 2. The van der Waals surface area contributed by atoms with E-state index in [1.807, 2.05) is 0 Å². The van der Waals surface area contributed by atoms with Crippen molar-refractivity contribution in [1.29, 1.82) is 0 Å². The summed E-state index contributed by atoms with van der Waals surface area (Å²) in [7, 11) is -6.82. The van der Waals surface area contributed by atoms with E-state index in [2.05, 4.69) is 10.6 Å². The Hall–Kier alpha value is -2.48. The minimum Gasteiger partial charge on any atom is -0.481 e. The minimum atomic E-state index is -3.42. The largest absolute Gasteiger partial charge is 0.481 e. The maximum absolute atomic E-state index is 11.5. The van der Waals surface area contributed by atoms with Gasteiger partial charge in [-0.3, -0.25) is 4.79 Å². The van der Waals surface area contributed by atoms with Crippen molar-refractivity contribution in [3.8, 4) is 0 Å². The molecule has 0 amide bonds. The highest BCUT2D eigenvalue weighted by Crippen LogP contribution is 2.36. The summed E-state index contributed by atoms with van der Waals surface area (Å²) in [5.74, 6) is -1.83. The summed E-state index contributed by atoms with van der Waals surface area (Å²) in [5, 5.41) is 26.7. The maximum atomic E-state index is 11.5. The average molecular weight is 1020 g/mol. The van der Waals surface area contributed by atoms with E-state index in [1.165, 1.54) is 159 Å². The Labute approximate surface area is 419 Å². The summed E-state index contributed by atoms with van der Waals surface area (Å²) >= 11 is 12.0. The quantitative estimate of drug-likeness (QED) is 0.142. The third kappa shape index (κ3) is 19.3. The van der Waals surface area contributed by atoms with Crippen molar-refractivity contribution in [2.75, 3.05) is 12.5 Å². The summed E-state index contributed by atoms with van der Waals surface area (Å²) in [6, 6.07) is 12.2. The molecule has 382 valence electrons. The fourth-order valence-electron chi connectivity index (χ4n) is 11.4. The van der Waals surface area contributed by atoms with Crippen molar-refractivity contribution in [3.05, 3.63) is 63.6 Å². The van der Waals surface area contributed by atoms with Crippen molar-refractivity contribution in [1.82, 2.24) is 10.6 Å². The molecule has 2 aromatic rings. The van der Waals surface area contributed by atoms with Crippen molar-refractivity contribution in [2.45, 2.75) is 226 Å². The molecule has 14 heteroatoms. The lowest BCUT2D eigenvalue weighted by Crippen LogP contribution is -2.40. The Morgan fingerprint density at radius 2 is 0.926 bits per heavy atom. The number of nitrogens with one attached hydrogen (secondary N) is 2. The van der Waals surface area contributed by atoms with E-state index in [4.69, 9.17) is 23.2 Å². The molecule has 0 radical (unpaired) electrons. The van der Waals surface area contributed by atoms with Gasteiger partial charge in [-0.25, -0.2) is 21.6 Å². The molecule has 6 aliphatic rings. The molecule has 0 spiro atoms. The Balaban J connectivity index is 0.000000173. The third-order valence-electron chi connectivity index (χ3n) is 15.1. The lowest BCUT2D eigenvalue weighted by molar-refractivity contribution is -0.139. The number of allylic oxidation sites excluding steroid dienone is 1. The van der Waals surface area contributed by atoms with Gasteiger partial charge in [0.1, 0.15) is 0 Å². The molecule has 0 heterocycles. The number of carbonyl (C=O) groups is 2. The Morgan fingerprint density at radius 1 is 0.559 bits per heavy atom. The average Bonchev–Trinajstić information content (AvgIpc) is 4.04. The molecule has 8 rings (SSSR count). The van der Waals surface area contributed by atoms with E-state index in [9.17, 15) is 36.6 Å². The summed E-state index contributed by atoms with van der Waals surface area (Å²) in [6.45, 7) is 0. The van der Waals surface area contributed by atoms with Crippen molar-refractivity contribution in [3.63, 3.8) is 0 Å². The molecule has 68 heavy (non-hydrogen) atoms. The van der Waals surface area contributed by atoms with E-state index in [0.717, 1.165) is 88.0 Å². The number of hydrogen-bond donors (Lipinski definition) is 4. The zero-order valence-electron chi connectivity index (χ0n) is 41.0. The highest BCUT2D eigenvalue weighted by molar-refractivity contribution is 7.91. The van der Waals surface area contributed by atoms with Crippen LogP contribution in [-0.4, -0.2) is 75.7 Å². The van der Waals surface area contributed by atoms with Crippen LogP contribution in [0, 0.1) is 11.8 Å². The minimum absolute atomic E-state index is 0.0125. The normalized spacial score (nSPS) is 21.4. The number of sulfone groups is 2. The van der Waals surface area contributed by atoms with Crippen LogP contribution >= 0.6 is 23.2 Å². The van der Waals surface area contributed by atoms with Gasteiger partial charge in [-0.2, -0.15) is 0 Å². The molecule has 1 unspecified atom stereocenters. The molecule has 6 fully saturated rings. The highest BCUT2D eigenvalue weighted by atomic mass is 35.5. The molecule has 2 aromatic carbocycles. The van der Waals surface area contributed by atoms with Crippen molar-refractivity contribution < 1.29 is 36.6 Å². The van der Waals surface area contributed by atoms with Gasteiger partial charge in [0.2, 0.25) is 0 Å². The first-order chi connectivity index (χ1) is 32.5. The zero-order chi connectivity index (χ0) is 49.1. The number of carboxylic acids is 2. The van der Waals surface area contributed by atoms with E-state index >= 15 is 0 Å². The van der Waals surface area contributed by atoms with E-state index < -0.39 is 37.5 Å². The summed E-state index contributed by atoms with van der Waals surface area (Å²) in [5.41, 5.74) is 1.20. The standard InChI is InChI=1S/C15H19ClO4S.C15H17ClO4S.2C12H23N/c2*1-21(19,20)14-7-6-11(9-13(14)16)12(15(17)18)8-10-4-2-3-5-10;2*1-3-7-11(8-4-1)13-12-9-5-2-6-10-12/h6-7,9-10,12H,2-5,8H2,1H3,(H,17,18);6-10H,2-5H2,1H3,(H,17,18);2*11-13H,1-10H2/b;12-8+;;. The Kier molecular flexibility index (Phi) is 23.7. The molecular formula is C54H82Cl2N2O8S2. The fraction of sp³-hybridized carbons (Fsp3) is 0.704. The SMILES string of the molecule is C1CCC(NC2CCCCC2)CC1.C1CCC(NC2CCCCC2)CC1.CS(=O)(=O)c1ccc(/C(=C\C2CCCC2)C(=O)O)cc1Cl.CS(=O)(=O)c1ccc(C(CC2CCCC2)C(=O)O)cc1Cl. The van der Waals surface area contributed by atoms with Crippen LogP contribution in [0.2, 0.25) is 10.0 Å². The first-order valence-corrected chi connectivity index (χ1v) is 30.7. The molecule has 0 saturated heterocycles. The zero-order valence-corrected chi connectivity index (χ0v) is 44.2. The molecule has 10 nitrogen and oxygen atoms in total. The molecule has 0 aromatic heterocycles. The number of aliphatic carboxylic acids is 2. The van der Waals surface area contributed by atoms with Crippen LogP contribution in [0.3, 0.4) is 0 Å². The van der Waals surface area contributed by atoms with Crippen LogP contribution < -0.4 is 10.6 Å². The van der Waals surface area contributed by atoms with Crippen LogP contribution in [0.15, 0.2) is 52.3 Å². The van der Waals surface area contributed by atoms with Crippen LogP contribution in [0.5, 0.6) is 0 Å². The molecule has 4 N–H and O–H groups in total. The van der Waals surface area contributed by atoms with Gasteiger partial charge >= 0.3 is 11.9 Å². The van der Waals surface area contributed by atoms with Crippen molar-refractivity contribution in [2.24, 2.45) is 11.8 Å². The van der Waals surface area contributed by atoms with Crippen LogP contribution in [0.4, 0.5) is 0 Å². The lowest BCUT2D eigenvalue weighted by Gasteiger charge is -2.30. The summed E-state index contributed by atoms with van der Waals surface area (Å²) in [6.07, 6.45) is 42.3. The maximum Gasteiger partial charge on any atom is 0.335 e. The second-order valence-corrected chi connectivity index (χ2v) is 25.5. The Morgan fingerprint density at radius 3 is 1.28 bits per heavy atom. The van der Waals surface area contributed by atoms with Crippen molar-refractivity contribution >= 4 is 60.4 Å². The molecular weight excluding hydrogens is 940 g/mol. The smallest absolute Gasteiger partial charge is 0.335 e. The van der Waals surface area contributed by atoms with Crippen LogP contribution in [-0.2, 0) is 29.3 Å². The number of rotatable bonds is 13. The first kappa shape index (κ1) is 56.4. The third-order valence-corrected chi connectivity index (χ3v) is 18.3. The van der Waals surface area contributed by atoms with Gasteiger partial charge in [0.05, 0.1) is 31.3 Å². The number of halogens is 2. The number of carboxylic acid groups (broad SMARTS) is 2. The van der Waals surface area contributed by atoms with Gasteiger partial charge in [0, 0.05) is 36.7 Å². The first-order valence-electron chi connectivity index (χ1n) is 26.2. The topological polar surface area (TPSA) is 167 Å². The van der Waals surface area contributed by atoms with Crippen LogP contribution in [0.1, 0.15) is 203 Å². The van der Waals surface area contributed by atoms with Gasteiger partial charge in [-0.1, -0.05) is 157 Å². The fourth-order valence-corrected chi connectivity index (χ4v) is 14.0. The van der Waals surface area contributed by atoms with Gasteiger partial charge in [0.15, 0.2) is 19.7 Å². The van der Waals surface area contributed by atoms with E-state index in [1.54, 1.807) is 12.1 Å².